The van der Waals surface area contributed by atoms with Crippen LogP contribution in [0, 0.1) is 0 Å². The van der Waals surface area contributed by atoms with E-state index in [9.17, 15) is 8.42 Å². The fourth-order valence-electron chi connectivity index (χ4n) is 1.53. The van der Waals surface area contributed by atoms with Crippen LogP contribution in [0.1, 0.15) is 0 Å². The first-order chi connectivity index (χ1) is 9.12. The zero-order valence-corrected chi connectivity index (χ0v) is 11.3. The molecule has 7 nitrogen and oxygen atoms in total. The van der Waals surface area contributed by atoms with Crippen molar-refractivity contribution in [2.75, 3.05) is 18.9 Å². The lowest BCUT2D eigenvalue weighted by Crippen LogP contribution is -2.27. The number of aromatic nitrogens is 3. The summed E-state index contributed by atoms with van der Waals surface area (Å²) in [6.45, 7) is 0.832. The lowest BCUT2D eigenvalue weighted by molar-refractivity contribution is 0.572. The second-order valence-corrected chi connectivity index (χ2v) is 5.59. The van der Waals surface area contributed by atoms with Gasteiger partial charge >= 0.3 is 0 Å². The summed E-state index contributed by atoms with van der Waals surface area (Å²) in [5.74, 6) is 0.512. The van der Waals surface area contributed by atoms with Crippen LogP contribution in [0.4, 0.5) is 5.82 Å². The molecule has 102 valence electrons. The van der Waals surface area contributed by atoms with E-state index in [0.717, 1.165) is 0 Å². The van der Waals surface area contributed by atoms with Crippen LogP contribution in [0.3, 0.4) is 0 Å². The third-order valence-electron chi connectivity index (χ3n) is 2.52. The van der Waals surface area contributed by atoms with Gasteiger partial charge in [-0.1, -0.05) is 0 Å². The number of hydrogen-bond acceptors (Lipinski definition) is 5. The molecule has 0 unspecified atom stereocenters. The quantitative estimate of drug-likeness (QED) is 0.795. The average molecular weight is 281 g/mol. The Morgan fingerprint density at radius 3 is 2.89 bits per heavy atom. The highest BCUT2D eigenvalue weighted by Gasteiger charge is 2.13. The van der Waals surface area contributed by atoms with Crippen molar-refractivity contribution in [3.63, 3.8) is 0 Å². The minimum absolute atomic E-state index is 0.192. The van der Waals surface area contributed by atoms with E-state index >= 15 is 0 Å². The maximum Gasteiger partial charge on any atom is 0.240 e. The highest BCUT2D eigenvalue weighted by atomic mass is 32.2. The van der Waals surface area contributed by atoms with Gasteiger partial charge in [0.2, 0.25) is 10.0 Å². The second-order valence-electron chi connectivity index (χ2n) is 3.83. The Morgan fingerprint density at radius 2 is 2.21 bits per heavy atom. The van der Waals surface area contributed by atoms with Crippen molar-refractivity contribution < 1.29 is 8.42 Å². The summed E-state index contributed by atoms with van der Waals surface area (Å²) in [7, 11) is -1.82. The van der Waals surface area contributed by atoms with E-state index in [2.05, 4.69) is 20.0 Å². The van der Waals surface area contributed by atoms with E-state index in [4.69, 9.17) is 0 Å². The molecule has 0 amide bonds. The number of sulfonamides is 1. The normalized spacial score (nSPS) is 11.4. The zero-order chi connectivity index (χ0) is 13.7. The SMILES string of the molecule is CNc1cc(S(=O)(=O)NCCn2ccnc2)ccn1. The molecule has 0 fully saturated rings. The van der Waals surface area contributed by atoms with Gasteiger partial charge in [-0.2, -0.15) is 0 Å². The minimum Gasteiger partial charge on any atom is -0.373 e. The largest absolute Gasteiger partial charge is 0.373 e. The highest BCUT2D eigenvalue weighted by Crippen LogP contribution is 2.11. The second kappa shape index (κ2) is 5.81. The fourth-order valence-corrected chi connectivity index (χ4v) is 2.56. The maximum absolute atomic E-state index is 12.0. The van der Waals surface area contributed by atoms with Gasteiger partial charge in [-0.15, -0.1) is 0 Å². The maximum atomic E-state index is 12.0. The molecule has 2 rings (SSSR count). The van der Waals surface area contributed by atoms with E-state index in [-0.39, 0.29) is 4.90 Å². The molecule has 0 aliphatic heterocycles. The molecule has 0 aliphatic carbocycles. The van der Waals surface area contributed by atoms with Gasteiger partial charge in [0.25, 0.3) is 0 Å². The number of hydrogen-bond donors (Lipinski definition) is 2. The highest BCUT2D eigenvalue weighted by molar-refractivity contribution is 7.89. The Balaban J connectivity index is 2.01. The Morgan fingerprint density at radius 1 is 1.37 bits per heavy atom. The van der Waals surface area contributed by atoms with Gasteiger partial charge < -0.3 is 9.88 Å². The van der Waals surface area contributed by atoms with E-state index in [1.165, 1.54) is 18.3 Å². The molecule has 0 saturated carbocycles. The van der Waals surface area contributed by atoms with E-state index in [1.807, 2.05) is 0 Å². The zero-order valence-electron chi connectivity index (χ0n) is 10.4. The van der Waals surface area contributed by atoms with Crippen molar-refractivity contribution in [3.05, 3.63) is 37.1 Å². The molecular formula is C11H15N5O2S. The molecule has 0 bridgehead atoms. The molecule has 2 heterocycles. The van der Waals surface area contributed by atoms with Crippen molar-refractivity contribution in [2.24, 2.45) is 0 Å². The van der Waals surface area contributed by atoms with Crippen molar-refractivity contribution in [1.29, 1.82) is 0 Å². The van der Waals surface area contributed by atoms with Crippen LogP contribution in [-0.4, -0.2) is 36.5 Å². The van der Waals surface area contributed by atoms with Crippen LogP contribution in [-0.2, 0) is 16.6 Å². The molecule has 0 spiro atoms. The molecule has 0 saturated heterocycles. The standard InChI is InChI=1S/C11H15N5O2S/c1-12-11-8-10(2-3-14-11)19(17,18)15-5-7-16-6-4-13-9-16/h2-4,6,8-9,15H,5,7H2,1H3,(H,12,14). The summed E-state index contributed by atoms with van der Waals surface area (Å²) in [4.78, 5) is 8.06. The fraction of sp³-hybridized carbons (Fsp3) is 0.273. The van der Waals surface area contributed by atoms with Crippen molar-refractivity contribution >= 4 is 15.8 Å². The molecule has 0 aliphatic rings. The monoisotopic (exact) mass is 281 g/mol. The van der Waals surface area contributed by atoms with Gasteiger partial charge in [0.05, 0.1) is 11.2 Å². The Hall–Kier alpha value is -1.93. The lowest BCUT2D eigenvalue weighted by Gasteiger charge is -2.08. The van der Waals surface area contributed by atoms with Gasteiger partial charge in [0.15, 0.2) is 0 Å². The number of imidazole rings is 1. The number of anilines is 1. The minimum atomic E-state index is -3.51. The van der Waals surface area contributed by atoms with Crippen LogP contribution >= 0.6 is 0 Å². The predicted octanol–water partition coefficient (Wildman–Crippen LogP) is 0.298. The molecular weight excluding hydrogens is 266 g/mol. The number of rotatable bonds is 6. The van der Waals surface area contributed by atoms with Gasteiger partial charge in [-0.3, -0.25) is 0 Å². The molecule has 0 radical (unpaired) electrons. The molecule has 2 N–H and O–H groups in total. The van der Waals surface area contributed by atoms with Gasteiger partial charge in [0, 0.05) is 44.8 Å². The smallest absolute Gasteiger partial charge is 0.240 e. The number of pyridine rings is 1. The van der Waals surface area contributed by atoms with Crippen molar-refractivity contribution in [2.45, 2.75) is 11.4 Å². The van der Waals surface area contributed by atoms with Crippen molar-refractivity contribution in [1.82, 2.24) is 19.3 Å². The third-order valence-corrected chi connectivity index (χ3v) is 3.98. The first-order valence-electron chi connectivity index (χ1n) is 5.71. The summed E-state index contributed by atoms with van der Waals surface area (Å²) in [6.07, 6.45) is 6.52. The molecule has 0 aromatic carbocycles. The molecule has 2 aromatic rings. The van der Waals surface area contributed by atoms with E-state index in [0.29, 0.717) is 18.9 Å². The first-order valence-corrected chi connectivity index (χ1v) is 7.19. The van der Waals surface area contributed by atoms with Crippen LogP contribution < -0.4 is 10.0 Å². The Kier molecular flexibility index (Phi) is 4.13. The molecule has 19 heavy (non-hydrogen) atoms. The summed E-state index contributed by atoms with van der Waals surface area (Å²) in [5.41, 5.74) is 0. The van der Waals surface area contributed by atoms with Gasteiger partial charge in [-0.05, 0) is 6.07 Å². The molecule has 2 aromatic heterocycles. The lowest BCUT2D eigenvalue weighted by atomic mass is 10.5. The average Bonchev–Trinajstić information content (AvgIpc) is 2.92. The van der Waals surface area contributed by atoms with E-state index < -0.39 is 10.0 Å². The van der Waals surface area contributed by atoms with Gasteiger partial charge in [0.1, 0.15) is 5.82 Å². The number of nitrogens with zero attached hydrogens (tertiary/aromatic N) is 3. The Labute approximate surface area is 111 Å². The summed E-state index contributed by atoms with van der Waals surface area (Å²) in [5, 5.41) is 2.80. The van der Waals surface area contributed by atoms with Crippen LogP contribution in [0.25, 0.3) is 0 Å². The van der Waals surface area contributed by atoms with Crippen molar-refractivity contribution in [3.8, 4) is 0 Å². The topological polar surface area (TPSA) is 88.9 Å². The third kappa shape index (κ3) is 3.52. The van der Waals surface area contributed by atoms with Crippen LogP contribution in [0.2, 0.25) is 0 Å². The number of nitrogens with one attached hydrogen (secondary N) is 2. The predicted molar refractivity (Wildman–Crippen MR) is 71.2 cm³/mol. The van der Waals surface area contributed by atoms with E-state index in [1.54, 1.807) is 30.3 Å². The molecule has 8 heteroatoms. The summed E-state index contributed by atoms with van der Waals surface area (Å²) in [6, 6.07) is 2.94. The molecule has 0 atom stereocenters. The first kappa shape index (κ1) is 13.5. The van der Waals surface area contributed by atoms with Crippen LogP contribution in [0.5, 0.6) is 0 Å². The Bertz CT molecular complexity index is 624. The van der Waals surface area contributed by atoms with Gasteiger partial charge in [-0.25, -0.2) is 23.1 Å². The summed E-state index contributed by atoms with van der Waals surface area (Å²) >= 11 is 0. The summed E-state index contributed by atoms with van der Waals surface area (Å²) < 4.78 is 28.4. The van der Waals surface area contributed by atoms with Crippen LogP contribution in [0.15, 0.2) is 41.9 Å².